The highest BCUT2D eigenvalue weighted by Crippen LogP contribution is 2.17. The van der Waals surface area contributed by atoms with Gasteiger partial charge in [0.15, 0.2) is 5.79 Å². The molecule has 14 heavy (non-hydrogen) atoms. The highest BCUT2D eigenvalue weighted by atomic mass is 16.7. The van der Waals surface area contributed by atoms with Crippen LogP contribution in [0.5, 0.6) is 0 Å². The number of rotatable bonds is 4. The first-order chi connectivity index (χ1) is 6.46. The van der Waals surface area contributed by atoms with Gasteiger partial charge >= 0.3 is 0 Å². The summed E-state index contributed by atoms with van der Waals surface area (Å²) >= 11 is 0. The van der Waals surface area contributed by atoms with Gasteiger partial charge in [0.1, 0.15) is 6.04 Å². The maximum absolute atomic E-state index is 5.44. The zero-order valence-corrected chi connectivity index (χ0v) is 10.4. The quantitative estimate of drug-likeness (QED) is 0.431. The molecule has 0 saturated heterocycles. The number of hydrogen-bond donors (Lipinski definition) is 1. The molecular weight excluding hydrogens is 180 g/mol. The number of methoxy groups -OCH3 is 2. The molecule has 0 aliphatic heterocycles. The van der Waals surface area contributed by atoms with Gasteiger partial charge in [0.25, 0.3) is 0 Å². The van der Waals surface area contributed by atoms with Crippen molar-refractivity contribution in [3.8, 4) is 0 Å². The molecular formula is C10H24N2O2. The third-order valence-corrected chi connectivity index (χ3v) is 1.97. The Kier molecular flexibility index (Phi) is 8.79. The first-order valence-corrected chi connectivity index (χ1v) is 4.86. The van der Waals surface area contributed by atoms with Crippen molar-refractivity contribution in [2.24, 2.45) is 10.7 Å². The molecule has 0 spiro atoms. The summed E-state index contributed by atoms with van der Waals surface area (Å²) in [4.78, 5) is 4.14. The molecule has 0 bridgehead atoms. The van der Waals surface area contributed by atoms with E-state index < -0.39 is 5.79 Å². The minimum absolute atomic E-state index is 0.113. The maximum Gasteiger partial charge on any atom is 0.187 e. The van der Waals surface area contributed by atoms with Gasteiger partial charge in [-0.1, -0.05) is 13.8 Å². The first kappa shape index (κ1) is 15.8. The average Bonchev–Trinajstić information content (AvgIpc) is 2.18. The Bertz CT molecular complexity index is 162. The van der Waals surface area contributed by atoms with Crippen molar-refractivity contribution in [3.63, 3.8) is 0 Å². The molecule has 0 aromatic heterocycles. The van der Waals surface area contributed by atoms with Gasteiger partial charge in [-0.05, 0) is 20.8 Å². The van der Waals surface area contributed by atoms with Crippen LogP contribution in [0, 0.1) is 0 Å². The van der Waals surface area contributed by atoms with E-state index in [2.05, 4.69) is 4.99 Å². The van der Waals surface area contributed by atoms with Crippen molar-refractivity contribution in [2.75, 3.05) is 14.2 Å². The Morgan fingerprint density at radius 2 is 1.64 bits per heavy atom. The summed E-state index contributed by atoms with van der Waals surface area (Å²) in [7, 11) is 3.17. The summed E-state index contributed by atoms with van der Waals surface area (Å²) in [5, 5.41) is 0. The SMILES string of the molecule is CC.COC(C)(OC)C(C)N=C(C)N. The second-order valence-corrected chi connectivity index (χ2v) is 2.87. The molecule has 0 aliphatic rings. The number of nitrogens with zero attached hydrogens (tertiary/aromatic N) is 1. The Morgan fingerprint density at radius 1 is 1.29 bits per heavy atom. The molecule has 0 rings (SSSR count). The smallest absolute Gasteiger partial charge is 0.187 e. The topological polar surface area (TPSA) is 56.8 Å². The number of aliphatic imine (C=N–C) groups is 1. The molecule has 1 atom stereocenters. The molecule has 1 unspecified atom stereocenters. The van der Waals surface area contributed by atoms with Crippen LogP contribution in [-0.4, -0.2) is 31.9 Å². The summed E-state index contributed by atoms with van der Waals surface area (Å²) < 4.78 is 10.3. The van der Waals surface area contributed by atoms with Crippen LogP contribution in [0.1, 0.15) is 34.6 Å². The van der Waals surface area contributed by atoms with E-state index in [1.807, 2.05) is 27.7 Å². The van der Waals surface area contributed by atoms with Crippen molar-refractivity contribution in [2.45, 2.75) is 46.4 Å². The Balaban J connectivity index is 0. The Labute approximate surface area is 87.5 Å². The monoisotopic (exact) mass is 204 g/mol. The second kappa shape index (κ2) is 7.76. The predicted molar refractivity (Wildman–Crippen MR) is 60.5 cm³/mol. The van der Waals surface area contributed by atoms with E-state index in [9.17, 15) is 0 Å². The molecule has 0 fully saturated rings. The van der Waals surface area contributed by atoms with Crippen molar-refractivity contribution in [3.05, 3.63) is 0 Å². The van der Waals surface area contributed by atoms with Crippen LogP contribution in [0.3, 0.4) is 0 Å². The van der Waals surface area contributed by atoms with Gasteiger partial charge < -0.3 is 15.2 Å². The molecule has 86 valence electrons. The van der Waals surface area contributed by atoms with Gasteiger partial charge in [-0.2, -0.15) is 0 Å². The normalized spacial score (nSPS) is 14.4. The molecule has 4 nitrogen and oxygen atoms in total. The molecule has 2 N–H and O–H groups in total. The predicted octanol–water partition coefficient (Wildman–Crippen LogP) is 1.79. The molecule has 0 heterocycles. The summed E-state index contributed by atoms with van der Waals surface area (Å²) in [6.45, 7) is 9.45. The lowest BCUT2D eigenvalue weighted by molar-refractivity contribution is -0.203. The van der Waals surface area contributed by atoms with Gasteiger partial charge in [0, 0.05) is 14.2 Å². The number of amidine groups is 1. The Hall–Kier alpha value is -0.610. The van der Waals surface area contributed by atoms with Gasteiger partial charge in [-0.15, -0.1) is 0 Å². The molecule has 0 saturated carbocycles. The molecule has 0 amide bonds. The van der Waals surface area contributed by atoms with E-state index in [-0.39, 0.29) is 6.04 Å². The lowest BCUT2D eigenvalue weighted by Gasteiger charge is -2.30. The van der Waals surface area contributed by atoms with Crippen LogP contribution in [0.4, 0.5) is 0 Å². The highest BCUT2D eigenvalue weighted by molar-refractivity contribution is 5.77. The number of nitrogens with two attached hydrogens (primary N) is 1. The standard InChI is InChI=1S/C8H18N2O2.C2H6/c1-6(10-7(2)9)8(3,11-4)12-5;1-2/h6H,1-5H3,(H2,9,10);1-2H3. The molecule has 0 radical (unpaired) electrons. The first-order valence-electron chi connectivity index (χ1n) is 4.86. The average molecular weight is 204 g/mol. The van der Waals surface area contributed by atoms with E-state index in [1.54, 1.807) is 21.1 Å². The molecule has 0 aliphatic carbocycles. The second-order valence-electron chi connectivity index (χ2n) is 2.87. The fraction of sp³-hybridized carbons (Fsp3) is 0.900. The summed E-state index contributed by atoms with van der Waals surface area (Å²) in [5.41, 5.74) is 5.44. The fourth-order valence-corrected chi connectivity index (χ4v) is 0.847. The zero-order chi connectivity index (χ0) is 11.8. The van der Waals surface area contributed by atoms with E-state index in [1.165, 1.54) is 0 Å². The Morgan fingerprint density at radius 3 is 1.86 bits per heavy atom. The van der Waals surface area contributed by atoms with Crippen molar-refractivity contribution < 1.29 is 9.47 Å². The summed E-state index contributed by atoms with van der Waals surface area (Å²) in [5.74, 6) is -0.163. The fourth-order valence-electron chi connectivity index (χ4n) is 0.847. The number of hydrogen-bond acceptors (Lipinski definition) is 3. The summed E-state index contributed by atoms with van der Waals surface area (Å²) in [6, 6.07) is -0.113. The van der Waals surface area contributed by atoms with Gasteiger partial charge in [-0.25, -0.2) is 0 Å². The lowest BCUT2D eigenvalue weighted by Crippen LogP contribution is -2.41. The zero-order valence-electron chi connectivity index (χ0n) is 10.4. The van der Waals surface area contributed by atoms with Crippen molar-refractivity contribution >= 4 is 5.84 Å². The van der Waals surface area contributed by atoms with Crippen LogP contribution >= 0.6 is 0 Å². The van der Waals surface area contributed by atoms with Crippen LogP contribution in [-0.2, 0) is 9.47 Å². The van der Waals surface area contributed by atoms with Gasteiger partial charge in [0.2, 0.25) is 0 Å². The van der Waals surface area contributed by atoms with Gasteiger partial charge in [0.05, 0.1) is 5.84 Å². The van der Waals surface area contributed by atoms with E-state index in [4.69, 9.17) is 15.2 Å². The minimum Gasteiger partial charge on any atom is -0.388 e. The molecule has 0 aromatic carbocycles. The third kappa shape index (κ3) is 5.19. The van der Waals surface area contributed by atoms with Crippen LogP contribution < -0.4 is 5.73 Å². The highest BCUT2D eigenvalue weighted by Gasteiger charge is 2.30. The van der Waals surface area contributed by atoms with Gasteiger partial charge in [-0.3, -0.25) is 4.99 Å². The van der Waals surface area contributed by atoms with E-state index in [0.717, 1.165) is 0 Å². The van der Waals surface area contributed by atoms with Crippen LogP contribution in [0.2, 0.25) is 0 Å². The third-order valence-electron chi connectivity index (χ3n) is 1.97. The van der Waals surface area contributed by atoms with Crippen LogP contribution in [0.15, 0.2) is 4.99 Å². The van der Waals surface area contributed by atoms with E-state index >= 15 is 0 Å². The van der Waals surface area contributed by atoms with E-state index in [0.29, 0.717) is 5.84 Å². The summed E-state index contributed by atoms with van der Waals surface area (Å²) in [6.07, 6.45) is 0. The van der Waals surface area contributed by atoms with Crippen molar-refractivity contribution in [1.82, 2.24) is 0 Å². The van der Waals surface area contributed by atoms with Crippen LogP contribution in [0.25, 0.3) is 0 Å². The lowest BCUT2D eigenvalue weighted by atomic mass is 10.1. The number of ether oxygens (including phenoxy) is 2. The largest absolute Gasteiger partial charge is 0.388 e. The molecule has 0 aromatic rings. The minimum atomic E-state index is -0.694. The molecule has 4 heteroatoms. The van der Waals surface area contributed by atoms with Crippen molar-refractivity contribution in [1.29, 1.82) is 0 Å². The maximum atomic E-state index is 5.44.